The third-order valence-corrected chi connectivity index (χ3v) is 4.21. The minimum atomic E-state index is -0.555. The average Bonchev–Trinajstić information content (AvgIpc) is 2.62. The molecule has 0 aliphatic heterocycles. The van der Waals surface area contributed by atoms with Crippen molar-refractivity contribution in [2.45, 2.75) is 13.8 Å². The van der Waals surface area contributed by atoms with Gasteiger partial charge < -0.3 is 15.4 Å². The first-order valence-electron chi connectivity index (χ1n) is 8.30. The predicted molar refractivity (Wildman–Crippen MR) is 102 cm³/mol. The Balaban J connectivity index is 2.23. The molecule has 0 saturated carbocycles. The van der Waals surface area contributed by atoms with Crippen molar-refractivity contribution in [1.29, 1.82) is 0 Å². The topological polar surface area (TPSA) is 85.7 Å². The van der Waals surface area contributed by atoms with E-state index in [4.69, 9.17) is 12.2 Å². The fourth-order valence-electron chi connectivity index (χ4n) is 2.41. The van der Waals surface area contributed by atoms with E-state index in [0.29, 0.717) is 12.2 Å². The SMILES string of the molecule is CCN(CC)CCN/N=C/c1c(O)n(-c2ccc(F)cc2)c(=S)[nH]c1=O. The quantitative estimate of drug-likeness (QED) is 0.283. The lowest BCUT2D eigenvalue weighted by molar-refractivity contribution is 0.303. The number of hydrogen-bond donors (Lipinski definition) is 3. The molecule has 1 aromatic carbocycles. The monoisotopic (exact) mass is 379 g/mol. The smallest absolute Gasteiger partial charge is 0.264 e. The fourth-order valence-corrected chi connectivity index (χ4v) is 2.69. The summed E-state index contributed by atoms with van der Waals surface area (Å²) in [4.78, 5) is 16.8. The molecule has 2 rings (SSSR count). The van der Waals surface area contributed by atoms with Gasteiger partial charge in [0.2, 0.25) is 5.88 Å². The lowest BCUT2D eigenvalue weighted by atomic mass is 10.3. The Labute approximate surface area is 155 Å². The highest BCUT2D eigenvalue weighted by molar-refractivity contribution is 7.71. The molecular formula is C17H22FN5O2S. The van der Waals surface area contributed by atoms with Crippen molar-refractivity contribution in [1.82, 2.24) is 19.9 Å². The first kappa shape index (κ1) is 19.8. The molecule has 26 heavy (non-hydrogen) atoms. The zero-order chi connectivity index (χ0) is 19.1. The zero-order valence-corrected chi connectivity index (χ0v) is 15.5. The minimum Gasteiger partial charge on any atom is -0.494 e. The molecule has 0 radical (unpaired) electrons. The third kappa shape index (κ3) is 4.77. The molecule has 0 bridgehead atoms. The van der Waals surface area contributed by atoms with Gasteiger partial charge in [-0.3, -0.25) is 14.3 Å². The van der Waals surface area contributed by atoms with Crippen molar-refractivity contribution in [2.75, 3.05) is 26.2 Å². The molecule has 0 amide bonds. The molecule has 3 N–H and O–H groups in total. The highest BCUT2D eigenvalue weighted by Crippen LogP contribution is 2.18. The number of halogens is 1. The lowest BCUT2D eigenvalue weighted by Gasteiger charge is -2.17. The highest BCUT2D eigenvalue weighted by atomic mass is 32.1. The Morgan fingerprint density at radius 1 is 1.35 bits per heavy atom. The molecule has 9 heteroatoms. The van der Waals surface area contributed by atoms with Crippen molar-refractivity contribution < 1.29 is 9.50 Å². The Morgan fingerprint density at radius 2 is 2.00 bits per heavy atom. The molecule has 0 fully saturated rings. The van der Waals surface area contributed by atoms with Crippen LogP contribution in [0.5, 0.6) is 5.88 Å². The van der Waals surface area contributed by atoms with Crippen LogP contribution >= 0.6 is 12.2 Å². The van der Waals surface area contributed by atoms with Crippen LogP contribution in [0.2, 0.25) is 0 Å². The van der Waals surface area contributed by atoms with Gasteiger partial charge in [-0.05, 0) is 49.6 Å². The summed E-state index contributed by atoms with van der Waals surface area (Å²) in [6.07, 6.45) is 1.24. The highest BCUT2D eigenvalue weighted by Gasteiger charge is 2.12. The minimum absolute atomic E-state index is 0.00532. The molecule has 140 valence electrons. The predicted octanol–water partition coefficient (Wildman–Crippen LogP) is 2.01. The van der Waals surface area contributed by atoms with Gasteiger partial charge in [0, 0.05) is 13.1 Å². The molecule has 7 nitrogen and oxygen atoms in total. The number of aromatic nitrogens is 2. The molecule has 1 aromatic heterocycles. The number of likely N-dealkylation sites (N-methyl/N-ethyl adjacent to an activating group) is 1. The number of hydrogen-bond acceptors (Lipinski definition) is 6. The van der Waals surface area contributed by atoms with Crippen LogP contribution in [0.1, 0.15) is 19.4 Å². The van der Waals surface area contributed by atoms with E-state index in [1.54, 1.807) is 0 Å². The van der Waals surface area contributed by atoms with E-state index >= 15 is 0 Å². The van der Waals surface area contributed by atoms with E-state index in [2.05, 4.69) is 34.3 Å². The number of rotatable bonds is 8. The van der Waals surface area contributed by atoms with E-state index in [0.717, 1.165) is 19.6 Å². The van der Waals surface area contributed by atoms with Gasteiger partial charge in [-0.25, -0.2) is 4.39 Å². The number of nitrogens with one attached hydrogen (secondary N) is 2. The molecule has 1 heterocycles. The van der Waals surface area contributed by atoms with Crippen molar-refractivity contribution in [2.24, 2.45) is 5.10 Å². The first-order valence-corrected chi connectivity index (χ1v) is 8.71. The molecule has 2 aromatic rings. The summed E-state index contributed by atoms with van der Waals surface area (Å²) in [5.41, 5.74) is 2.67. The van der Waals surface area contributed by atoms with Gasteiger partial charge >= 0.3 is 0 Å². The van der Waals surface area contributed by atoms with Gasteiger partial charge in [0.1, 0.15) is 11.4 Å². The lowest BCUT2D eigenvalue weighted by Crippen LogP contribution is -2.30. The van der Waals surface area contributed by atoms with E-state index < -0.39 is 11.4 Å². The van der Waals surface area contributed by atoms with Crippen LogP contribution in [-0.2, 0) is 0 Å². The van der Waals surface area contributed by atoms with E-state index in [9.17, 15) is 14.3 Å². The number of aromatic amines is 1. The second-order valence-corrected chi connectivity index (χ2v) is 5.89. The Bertz CT molecular complexity index is 872. The van der Waals surface area contributed by atoms with Crippen molar-refractivity contribution in [3.63, 3.8) is 0 Å². The van der Waals surface area contributed by atoms with Crippen LogP contribution < -0.4 is 11.0 Å². The number of hydrazone groups is 1. The third-order valence-electron chi connectivity index (χ3n) is 3.92. The Morgan fingerprint density at radius 3 is 2.62 bits per heavy atom. The molecule has 0 saturated heterocycles. The van der Waals surface area contributed by atoms with Crippen LogP contribution in [0.25, 0.3) is 5.69 Å². The molecule has 0 spiro atoms. The summed E-state index contributed by atoms with van der Waals surface area (Å²) < 4.78 is 14.4. The van der Waals surface area contributed by atoms with Gasteiger partial charge in [0.15, 0.2) is 4.77 Å². The fraction of sp³-hybridized carbons (Fsp3) is 0.353. The van der Waals surface area contributed by atoms with Crippen LogP contribution in [0, 0.1) is 10.6 Å². The van der Waals surface area contributed by atoms with E-state index in [1.165, 1.54) is 35.0 Å². The second kappa shape index (κ2) is 9.25. The molecule has 0 aliphatic carbocycles. The number of nitrogens with zero attached hydrogens (tertiary/aromatic N) is 3. The second-order valence-electron chi connectivity index (χ2n) is 5.50. The summed E-state index contributed by atoms with van der Waals surface area (Å²) in [7, 11) is 0. The Hall–Kier alpha value is -2.52. The van der Waals surface area contributed by atoms with Gasteiger partial charge in [-0.15, -0.1) is 0 Å². The van der Waals surface area contributed by atoms with Crippen molar-refractivity contribution in [3.05, 3.63) is 50.8 Å². The van der Waals surface area contributed by atoms with Crippen LogP contribution in [-0.4, -0.2) is 52.0 Å². The summed E-state index contributed by atoms with van der Waals surface area (Å²) in [6, 6.07) is 5.38. The van der Waals surface area contributed by atoms with Gasteiger partial charge in [0.25, 0.3) is 5.56 Å². The van der Waals surface area contributed by atoms with Crippen molar-refractivity contribution in [3.8, 4) is 11.6 Å². The molecule has 0 atom stereocenters. The molecule has 0 unspecified atom stereocenters. The van der Waals surface area contributed by atoms with E-state index in [-0.39, 0.29) is 16.2 Å². The van der Waals surface area contributed by atoms with Crippen molar-refractivity contribution >= 4 is 18.4 Å². The first-order chi connectivity index (χ1) is 12.5. The maximum absolute atomic E-state index is 13.1. The summed E-state index contributed by atoms with van der Waals surface area (Å²) in [5, 5.41) is 14.4. The molecule has 0 aliphatic rings. The van der Waals surface area contributed by atoms with Gasteiger partial charge in [0.05, 0.1) is 11.9 Å². The standard InChI is InChI=1S/C17H22FN5O2S/c1-3-22(4-2)10-9-19-20-11-14-15(24)21-17(26)23(16(14)25)13-7-5-12(18)6-8-13/h5-8,11,19,25H,3-4,9-10H2,1-2H3,(H,21,24,26)/b20-11+. The molecular weight excluding hydrogens is 357 g/mol. The van der Waals surface area contributed by atoms with Crippen LogP contribution in [0.4, 0.5) is 4.39 Å². The normalized spacial score (nSPS) is 11.4. The summed E-state index contributed by atoms with van der Waals surface area (Å²) >= 11 is 5.10. The largest absolute Gasteiger partial charge is 0.494 e. The number of aromatic hydroxyl groups is 1. The summed E-state index contributed by atoms with van der Waals surface area (Å²) in [6.45, 7) is 7.46. The van der Waals surface area contributed by atoms with Crippen LogP contribution in [0.15, 0.2) is 34.2 Å². The maximum atomic E-state index is 13.1. The zero-order valence-electron chi connectivity index (χ0n) is 14.7. The number of H-pyrrole nitrogens is 1. The Kier molecular flexibility index (Phi) is 7.05. The van der Waals surface area contributed by atoms with E-state index in [1.807, 2.05) is 0 Å². The number of benzene rings is 1. The van der Waals surface area contributed by atoms with Crippen LogP contribution in [0.3, 0.4) is 0 Å². The van der Waals surface area contributed by atoms with Gasteiger partial charge in [-0.1, -0.05) is 13.8 Å². The summed E-state index contributed by atoms with van der Waals surface area (Å²) in [5.74, 6) is -0.775. The maximum Gasteiger partial charge on any atom is 0.264 e. The average molecular weight is 379 g/mol. The van der Waals surface area contributed by atoms with Gasteiger partial charge in [-0.2, -0.15) is 5.10 Å².